The Morgan fingerprint density at radius 3 is 2.85 bits per heavy atom. The number of hydrogen-bond donors (Lipinski definition) is 0. The van der Waals surface area contributed by atoms with Crippen molar-refractivity contribution in [2.75, 3.05) is 27.0 Å². The van der Waals surface area contributed by atoms with Crippen molar-refractivity contribution >= 4 is 5.97 Å². The molecule has 0 N–H and O–H groups in total. The summed E-state index contributed by atoms with van der Waals surface area (Å²) in [6.45, 7) is 3.75. The van der Waals surface area contributed by atoms with Gasteiger partial charge in [0.2, 0.25) is 6.79 Å². The number of ether oxygens (including phenoxy) is 4. The molecule has 1 saturated heterocycles. The Morgan fingerprint density at radius 1 is 1.27 bits per heavy atom. The van der Waals surface area contributed by atoms with Gasteiger partial charge in [0.15, 0.2) is 17.6 Å². The molecule has 3 aliphatic heterocycles. The number of hydrogen-bond acceptors (Lipinski definition) is 6. The summed E-state index contributed by atoms with van der Waals surface area (Å²) in [7, 11) is 1.66. The lowest BCUT2D eigenvalue weighted by Crippen LogP contribution is -2.47. The van der Waals surface area contributed by atoms with E-state index in [1.807, 2.05) is 0 Å². The topological polar surface area (TPSA) is 57.2 Å². The molecule has 0 saturated carbocycles. The maximum Gasteiger partial charge on any atom is 0.303 e. The highest BCUT2D eigenvalue weighted by molar-refractivity contribution is 5.67. The molecule has 6 heteroatoms. The summed E-state index contributed by atoms with van der Waals surface area (Å²) in [5.74, 6) is 2.06. The molecule has 0 aromatic heterocycles. The SMILES string of the molecule is COC1=C[C@]23CCCN2CCc2cc4c(cc2C3C1OC(C)=O)OCO4. The molecule has 1 fully saturated rings. The standard InChI is InChI=1S/C20H23NO5/c1-12(22)26-19-17(23-2)10-20-5-3-6-21(20)7-4-13-8-15-16(25-11-24-15)9-14(13)18(19)20/h8-10,18-19H,3-7,11H2,1-2H3/t18?,19?,20-/m0/s1. The Bertz CT molecular complexity index is 804. The van der Waals surface area contributed by atoms with E-state index in [2.05, 4.69) is 23.1 Å². The van der Waals surface area contributed by atoms with Crippen LogP contribution in [0, 0.1) is 0 Å². The maximum atomic E-state index is 11.8. The van der Waals surface area contributed by atoms with Crippen molar-refractivity contribution in [1.82, 2.24) is 4.90 Å². The van der Waals surface area contributed by atoms with Gasteiger partial charge in [0.25, 0.3) is 0 Å². The predicted molar refractivity (Wildman–Crippen MR) is 93.2 cm³/mol. The molecule has 4 aliphatic rings. The third kappa shape index (κ3) is 2.11. The molecule has 3 atom stereocenters. The quantitative estimate of drug-likeness (QED) is 0.758. The van der Waals surface area contributed by atoms with Crippen molar-refractivity contribution in [2.45, 2.75) is 43.7 Å². The van der Waals surface area contributed by atoms with Crippen molar-refractivity contribution in [1.29, 1.82) is 0 Å². The first-order valence-corrected chi connectivity index (χ1v) is 9.24. The van der Waals surface area contributed by atoms with Gasteiger partial charge in [-0.3, -0.25) is 9.69 Å². The lowest BCUT2D eigenvalue weighted by molar-refractivity contribution is -0.147. The minimum Gasteiger partial charge on any atom is -0.497 e. The van der Waals surface area contributed by atoms with Crippen LogP contribution in [0.1, 0.15) is 36.8 Å². The van der Waals surface area contributed by atoms with Crippen LogP contribution in [0.25, 0.3) is 0 Å². The Hall–Kier alpha value is -2.21. The number of carbonyl (C=O) groups is 1. The summed E-state index contributed by atoms with van der Waals surface area (Å²) in [4.78, 5) is 14.4. The first-order valence-electron chi connectivity index (χ1n) is 9.24. The maximum absolute atomic E-state index is 11.8. The molecular formula is C20H23NO5. The van der Waals surface area contributed by atoms with E-state index in [9.17, 15) is 4.79 Å². The molecule has 26 heavy (non-hydrogen) atoms. The third-order valence-electron chi connectivity index (χ3n) is 6.26. The minimum absolute atomic E-state index is 0.0100. The van der Waals surface area contributed by atoms with Crippen molar-refractivity contribution in [3.05, 3.63) is 35.1 Å². The molecule has 1 aliphatic carbocycles. The molecule has 2 unspecified atom stereocenters. The van der Waals surface area contributed by atoms with E-state index in [1.54, 1.807) is 7.11 Å². The van der Waals surface area contributed by atoms with Crippen LogP contribution in [-0.4, -0.2) is 49.5 Å². The zero-order valence-electron chi connectivity index (χ0n) is 15.1. The minimum atomic E-state index is -0.407. The summed E-state index contributed by atoms with van der Waals surface area (Å²) < 4.78 is 22.7. The number of fused-ring (bicyclic) bond motifs is 3. The van der Waals surface area contributed by atoms with E-state index in [4.69, 9.17) is 18.9 Å². The first-order chi connectivity index (χ1) is 12.6. The van der Waals surface area contributed by atoms with Crippen molar-refractivity contribution < 1.29 is 23.7 Å². The number of nitrogens with zero attached hydrogens (tertiary/aromatic N) is 1. The van der Waals surface area contributed by atoms with Gasteiger partial charge in [-0.2, -0.15) is 0 Å². The second-order valence-corrected chi connectivity index (χ2v) is 7.49. The highest BCUT2D eigenvalue weighted by Crippen LogP contribution is 2.55. The molecule has 3 heterocycles. The van der Waals surface area contributed by atoms with Gasteiger partial charge in [0.05, 0.1) is 18.6 Å². The normalized spacial score (nSPS) is 31.5. The monoisotopic (exact) mass is 357 g/mol. The zero-order chi connectivity index (χ0) is 17.9. The highest BCUT2D eigenvalue weighted by Gasteiger charge is 2.58. The van der Waals surface area contributed by atoms with E-state index in [-0.39, 0.29) is 24.2 Å². The van der Waals surface area contributed by atoms with E-state index < -0.39 is 6.10 Å². The summed E-state index contributed by atoms with van der Waals surface area (Å²) in [5, 5.41) is 0. The number of benzene rings is 1. The van der Waals surface area contributed by atoms with Crippen LogP contribution in [0.15, 0.2) is 24.0 Å². The van der Waals surface area contributed by atoms with Gasteiger partial charge < -0.3 is 18.9 Å². The van der Waals surface area contributed by atoms with Crippen LogP contribution in [0.5, 0.6) is 11.5 Å². The number of esters is 1. The van der Waals surface area contributed by atoms with Gasteiger partial charge in [-0.15, -0.1) is 0 Å². The smallest absolute Gasteiger partial charge is 0.303 e. The van der Waals surface area contributed by atoms with Crippen LogP contribution in [0.4, 0.5) is 0 Å². The third-order valence-corrected chi connectivity index (χ3v) is 6.26. The summed E-state index contributed by atoms with van der Waals surface area (Å²) in [6, 6.07) is 4.19. The molecule has 6 nitrogen and oxygen atoms in total. The lowest BCUT2D eigenvalue weighted by atomic mass is 9.77. The van der Waals surface area contributed by atoms with E-state index in [1.165, 1.54) is 18.1 Å². The van der Waals surface area contributed by atoms with Crippen LogP contribution < -0.4 is 9.47 Å². The van der Waals surface area contributed by atoms with Gasteiger partial charge in [-0.25, -0.2) is 0 Å². The largest absolute Gasteiger partial charge is 0.497 e. The highest BCUT2D eigenvalue weighted by atomic mass is 16.7. The van der Waals surface area contributed by atoms with Crippen molar-refractivity contribution in [2.24, 2.45) is 0 Å². The fourth-order valence-electron chi connectivity index (χ4n) is 5.27. The molecule has 0 bridgehead atoms. The van der Waals surface area contributed by atoms with Gasteiger partial charge in [-0.05, 0) is 55.1 Å². The zero-order valence-corrected chi connectivity index (χ0v) is 15.1. The summed E-state index contributed by atoms with van der Waals surface area (Å²) in [5.41, 5.74) is 2.27. The Labute approximate surface area is 152 Å². The van der Waals surface area contributed by atoms with Crippen LogP contribution in [0.3, 0.4) is 0 Å². The Morgan fingerprint density at radius 2 is 2.08 bits per heavy atom. The van der Waals surface area contributed by atoms with E-state index in [0.29, 0.717) is 0 Å². The first kappa shape index (κ1) is 16.0. The van der Waals surface area contributed by atoms with Gasteiger partial charge >= 0.3 is 5.97 Å². The van der Waals surface area contributed by atoms with Gasteiger partial charge in [0, 0.05) is 13.5 Å². The van der Waals surface area contributed by atoms with Crippen molar-refractivity contribution in [3.63, 3.8) is 0 Å². The van der Waals surface area contributed by atoms with Crippen LogP contribution >= 0.6 is 0 Å². The summed E-state index contributed by atoms with van der Waals surface area (Å²) >= 11 is 0. The average Bonchev–Trinajstić information content (AvgIpc) is 3.28. The lowest BCUT2D eigenvalue weighted by Gasteiger charge is -2.39. The Kier molecular flexibility index (Phi) is 3.47. The second-order valence-electron chi connectivity index (χ2n) is 7.49. The average molecular weight is 357 g/mol. The second kappa shape index (κ2) is 5.64. The van der Waals surface area contributed by atoms with Crippen molar-refractivity contribution in [3.8, 4) is 11.5 Å². The van der Waals surface area contributed by atoms with E-state index >= 15 is 0 Å². The molecule has 5 rings (SSSR count). The van der Waals surface area contributed by atoms with E-state index in [0.717, 1.165) is 49.6 Å². The molecule has 138 valence electrons. The van der Waals surface area contributed by atoms with Crippen LogP contribution in [-0.2, 0) is 20.7 Å². The fourth-order valence-corrected chi connectivity index (χ4v) is 5.27. The number of carbonyl (C=O) groups excluding carboxylic acids is 1. The van der Waals surface area contributed by atoms with Crippen LogP contribution in [0.2, 0.25) is 0 Å². The number of rotatable bonds is 2. The molecule has 1 aromatic carbocycles. The molecule has 0 radical (unpaired) electrons. The number of methoxy groups -OCH3 is 1. The molecular weight excluding hydrogens is 334 g/mol. The Balaban J connectivity index is 1.69. The van der Waals surface area contributed by atoms with Gasteiger partial charge in [-0.1, -0.05) is 0 Å². The predicted octanol–water partition coefficient (Wildman–Crippen LogP) is 2.37. The fraction of sp³-hybridized carbons (Fsp3) is 0.550. The molecule has 1 aromatic rings. The molecule has 1 spiro atoms. The molecule has 0 amide bonds. The van der Waals surface area contributed by atoms with Gasteiger partial charge in [0.1, 0.15) is 5.76 Å². The summed E-state index contributed by atoms with van der Waals surface area (Å²) in [6.07, 6.45) is 4.92.